The molecule has 0 rings (SSSR count). The van der Waals surface area contributed by atoms with Crippen molar-refractivity contribution in [1.82, 2.24) is 5.32 Å². The summed E-state index contributed by atoms with van der Waals surface area (Å²) >= 11 is 0. The Kier molecular flexibility index (Phi) is 8.73. The molecule has 0 fully saturated rings. The molecule has 0 heterocycles. The van der Waals surface area contributed by atoms with Crippen LogP contribution in [0.25, 0.3) is 0 Å². The van der Waals surface area contributed by atoms with Crippen LogP contribution < -0.4 is 11.1 Å². The van der Waals surface area contributed by atoms with Crippen LogP contribution in [0.2, 0.25) is 0 Å². The van der Waals surface area contributed by atoms with Crippen molar-refractivity contribution in [3.63, 3.8) is 0 Å². The van der Waals surface area contributed by atoms with E-state index >= 15 is 0 Å². The van der Waals surface area contributed by atoms with Crippen LogP contribution in [0, 0.1) is 11.3 Å². The number of allylic oxidation sites excluding steroid dienone is 1. The summed E-state index contributed by atoms with van der Waals surface area (Å²) < 4.78 is 0. The minimum absolute atomic E-state index is 0.115. The van der Waals surface area contributed by atoms with Gasteiger partial charge in [0, 0.05) is 30.1 Å². The van der Waals surface area contributed by atoms with E-state index in [4.69, 9.17) is 5.73 Å². The molecule has 0 aromatic heterocycles. The Morgan fingerprint density at radius 3 is 2.21 bits per heavy atom. The molecule has 0 amide bonds. The molecule has 19 heavy (non-hydrogen) atoms. The van der Waals surface area contributed by atoms with Gasteiger partial charge in [0.2, 0.25) is 0 Å². The number of nitrogens with two attached hydrogens (primary N) is 1. The van der Waals surface area contributed by atoms with E-state index in [1.807, 2.05) is 0 Å². The average Bonchev–Trinajstić information content (AvgIpc) is 2.40. The first kappa shape index (κ1) is 18.2. The second-order valence-electron chi connectivity index (χ2n) is 5.65. The van der Waals surface area contributed by atoms with Gasteiger partial charge in [-0.25, -0.2) is 0 Å². The standard InChI is InChI=1S/C16H33N3/c1-7-10-18-15(13(4)5)19-14(6)11-16(8-2,9-3)12-17/h11,13H,7-10,12,17H2,1-6H3,(H,18,19)/b14-11+. The van der Waals surface area contributed by atoms with E-state index in [1.165, 1.54) is 0 Å². The molecule has 0 unspecified atom stereocenters. The van der Waals surface area contributed by atoms with Crippen LogP contribution in [0.4, 0.5) is 0 Å². The Hall–Kier alpha value is -0.830. The molecule has 0 aromatic rings. The van der Waals surface area contributed by atoms with Gasteiger partial charge >= 0.3 is 0 Å². The molecule has 112 valence electrons. The lowest BCUT2D eigenvalue weighted by Gasteiger charge is -2.27. The number of hydrogen-bond acceptors (Lipinski definition) is 2. The molecule has 0 spiro atoms. The van der Waals surface area contributed by atoms with Crippen LogP contribution in [0.3, 0.4) is 0 Å². The molecule has 0 aliphatic carbocycles. The van der Waals surface area contributed by atoms with Crippen LogP contribution in [-0.4, -0.2) is 18.9 Å². The first-order chi connectivity index (χ1) is 8.94. The number of hydrogen-bond donors (Lipinski definition) is 2. The first-order valence-corrected chi connectivity index (χ1v) is 7.65. The van der Waals surface area contributed by atoms with Crippen LogP contribution in [0.1, 0.15) is 60.8 Å². The third kappa shape index (κ3) is 6.24. The second-order valence-corrected chi connectivity index (χ2v) is 5.65. The fourth-order valence-corrected chi connectivity index (χ4v) is 2.10. The van der Waals surface area contributed by atoms with Crippen LogP contribution in [-0.2, 0) is 0 Å². The Bertz CT molecular complexity index is 291. The predicted octanol–water partition coefficient (Wildman–Crippen LogP) is 3.71. The van der Waals surface area contributed by atoms with Crippen LogP contribution >= 0.6 is 0 Å². The Morgan fingerprint density at radius 1 is 1.26 bits per heavy atom. The lowest BCUT2D eigenvalue weighted by Crippen LogP contribution is -2.31. The number of aliphatic imine (C=N–C) groups is 1. The molecule has 0 bridgehead atoms. The fraction of sp³-hybridized carbons (Fsp3) is 0.812. The molecule has 3 nitrogen and oxygen atoms in total. The van der Waals surface area contributed by atoms with Crippen molar-refractivity contribution in [2.45, 2.75) is 60.8 Å². The molecule has 0 aliphatic heterocycles. The zero-order chi connectivity index (χ0) is 14.9. The van der Waals surface area contributed by atoms with E-state index in [0.717, 1.165) is 37.3 Å². The Balaban J connectivity index is 4.93. The number of amidine groups is 1. The maximum atomic E-state index is 5.95. The van der Waals surface area contributed by atoms with Crippen molar-refractivity contribution >= 4 is 5.84 Å². The van der Waals surface area contributed by atoms with Gasteiger partial charge in [0.05, 0.1) is 0 Å². The predicted molar refractivity (Wildman–Crippen MR) is 86.4 cm³/mol. The molecule has 0 radical (unpaired) electrons. The largest absolute Gasteiger partial charge is 0.348 e. The second kappa shape index (κ2) is 9.13. The highest BCUT2D eigenvalue weighted by Gasteiger charge is 2.21. The maximum Gasteiger partial charge on any atom is 0.103 e. The minimum Gasteiger partial charge on any atom is -0.348 e. The zero-order valence-electron chi connectivity index (χ0n) is 13.7. The van der Waals surface area contributed by atoms with Crippen LogP contribution in [0.15, 0.2) is 16.8 Å². The SMILES string of the molecule is CCCN=C(N/C(C)=C/C(CC)(CC)CN)C(C)C. The molecular formula is C16H33N3. The molecule has 3 N–H and O–H groups in total. The van der Waals surface area contributed by atoms with Crippen molar-refractivity contribution in [1.29, 1.82) is 0 Å². The highest BCUT2D eigenvalue weighted by atomic mass is 15.0. The lowest BCUT2D eigenvalue weighted by atomic mass is 9.81. The van der Waals surface area contributed by atoms with E-state index in [9.17, 15) is 0 Å². The number of rotatable bonds is 8. The Morgan fingerprint density at radius 2 is 1.84 bits per heavy atom. The highest BCUT2D eigenvalue weighted by molar-refractivity contribution is 5.85. The minimum atomic E-state index is 0.115. The quantitative estimate of drug-likeness (QED) is 0.520. The number of nitrogens with one attached hydrogen (secondary N) is 1. The third-order valence-corrected chi connectivity index (χ3v) is 3.72. The van der Waals surface area contributed by atoms with Gasteiger partial charge < -0.3 is 11.1 Å². The van der Waals surface area contributed by atoms with Gasteiger partial charge in [-0.2, -0.15) is 0 Å². The van der Waals surface area contributed by atoms with Gasteiger partial charge in [-0.05, 0) is 26.2 Å². The molecular weight excluding hydrogens is 234 g/mol. The van der Waals surface area contributed by atoms with E-state index < -0.39 is 0 Å². The smallest absolute Gasteiger partial charge is 0.103 e. The molecule has 0 saturated carbocycles. The number of nitrogens with zero attached hydrogens (tertiary/aromatic N) is 1. The van der Waals surface area contributed by atoms with Gasteiger partial charge in [0.25, 0.3) is 0 Å². The summed E-state index contributed by atoms with van der Waals surface area (Å²) in [4.78, 5) is 4.62. The van der Waals surface area contributed by atoms with Gasteiger partial charge in [-0.1, -0.05) is 40.7 Å². The summed E-state index contributed by atoms with van der Waals surface area (Å²) in [5.74, 6) is 1.50. The summed E-state index contributed by atoms with van der Waals surface area (Å²) in [5, 5.41) is 3.46. The Labute approximate surface area is 119 Å². The summed E-state index contributed by atoms with van der Waals surface area (Å²) in [7, 11) is 0. The van der Waals surface area contributed by atoms with E-state index in [-0.39, 0.29) is 5.41 Å². The maximum absolute atomic E-state index is 5.95. The normalized spacial score (nSPS) is 14.1. The molecule has 0 atom stereocenters. The fourth-order valence-electron chi connectivity index (χ4n) is 2.10. The van der Waals surface area contributed by atoms with E-state index in [0.29, 0.717) is 12.5 Å². The average molecular weight is 267 g/mol. The first-order valence-electron chi connectivity index (χ1n) is 7.65. The summed E-state index contributed by atoms with van der Waals surface area (Å²) in [5.41, 5.74) is 7.22. The van der Waals surface area contributed by atoms with Crippen molar-refractivity contribution in [2.24, 2.45) is 22.1 Å². The van der Waals surface area contributed by atoms with Gasteiger partial charge in [-0.3, -0.25) is 4.99 Å². The van der Waals surface area contributed by atoms with E-state index in [1.54, 1.807) is 0 Å². The molecule has 0 aliphatic rings. The van der Waals surface area contributed by atoms with E-state index in [2.05, 4.69) is 57.9 Å². The molecule has 3 heteroatoms. The van der Waals surface area contributed by atoms with Gasteiger partial charge in [0.15, 0.2) is 0 Å². The highest BCUT2D eigenvalue weighted by Crippen LogP contribution is 2.27. The summed E-state index contributed by atoms with van der Waals surface area (Å²) in [6.07, 6.45) is 5.51. The van der Waals surface area contributed by atoms with Gasteiger partial charge in [-0.15, -0.1) is 0 Å². The molecule has 0 aromatic carbocycles. The van der Waals surface area contributed by atoms with Gasteiger partial charge in [0.1, 0.15) is 5.84 Å². The zero-order valence-corrected chi connectivity index (χ0v) is 13.7. The lowest BCUT2D eigenvalue weighted by molar-refractivity contribution is 0.361. The molecule has 0 saturated heterocycles. The van der Waals surface area contributed by atoms with Crippen molar-refractivity contribution in [3.05, 3.63) is 11.8 Å². The summed E-state index contributed by atoms with van der Waals surface area (Å²) in [6.45, 7) is 14.6. The topological polar surface area (TPSA) is 50.4 Å². The van der Waals surface area contributed by atoms with Crippen molar-refractivity contribution in [2.75, 3.05) is 13.1 Å². The van der Waals surface area contributed by atoms with Crippen LogP contribution in [0.5, 0.6) is 0 Å². The third-order valence-electron chi connectivity index (χ3n) is 3.72. The monoisotopic (exact) mass is 267 g/mol. The van der Waals surface area contributed by atoms with Crippen molar-refractivity contribution < 1.29 is 0 Å². The summed E-state index contributed by atoms with van der Waals surface area (Å²) in [6, 6.07) is 0. The van der Waals surface area contributed by atoms with Crippen molar-refractivity contribution in [3.8, 4) is 0 Å².